The molecule has 12 heteroatoms. The Morgan fingerprint density at radius 1 is 1.26 bits per heavy atom. The van der Waals surface area contributed by atoms with Crippen LogP contribution in [-0.2, 0) is 4.79 Å². The third-order valence-electron chi connectivity index (χ3n) is 6.18. The largest absolute Gasteiger partial charge is 0.496 e. The van der Waals surface area contributed by atoms with E-state index in [1.54, 1.807) is 40.7 Å². The average molecular weight is 476 g/mol. The molecule has 1 fully saturated rings. The molecule has 180 valence electrons. The normalized spacial score (nSPS) is 15.5. The fourth-order valence-corrected chi connectivity index (χ4v) is 4.43. The second-order valence-electron chi connectivity index (χ2n) is 8.33. The molecule has 0 aliphatic carbocycles. The molecule has 1 saturated heterocycles. The molecular formula is C23H25N9O3. The van der Waals surface area contributed by atoms with Gasteiger partial charge >= 0.3 is 0 Å². The number of carbonyl (C=O) groups excluding carboxylic acids is 2. The highest BCUT2D eigenvalue weighted by atomic mass is 16.5. The molecule has 1 aliphatic heterocycles. The highest BCUT2D eigenvalue weighted by Crippen LogP contribution is 2.30. The van der Waals surface area contributed by atoms with E-state index in [0.29, 0.717) is 53.1 Å². The highest BCUT2D eigenvalue weighted by Gasteiger charge is 2.31. The topological polar surface area (TPSA) is 159 Å². The maximum Gasteiger partial charge on any atom is 0.249 e. The Hall–Kier alpha value is -4.61. The van der Waals surface area contributed by atoms with E-state index in [9.17, 15) is 9.59 Å². The van der Waals surface area contributed by atoms with Crippen LogP contribution in [0.1, 0.15) is 28.8 Å². The number of fused-ring (bicyclic) bond motifs is 1. The third-order valence-corrected chi connectivity index (χ3v) is 6.18. The van der Waals surface area contributed by atoms with Gasteiger partial charge in [-0.1, -0.05) is 0 Å². The number of methoxy groups -OCH3 is 1. The van der Waals surface area contributed by atoms with Crippen LogP contribution in [0, 0.1) is 6.92 Å². The fraction of sp³-hybridized carbons (Fsp3) is 0.261. The zero-order valence-corrected chi connectivity index (χ0v) is 19.3. The van der Waals surface area contributed by atoms with Crippen molar-refractivity contribution in [2.75, 3.05) is 23.9 Å². The van der Waals surface area contributed by atoms with Gasteiger partial charge in [0, 0.05) is 29.9 Å². The van der Waals surface area contributed by atoms with Crippen molar-refractivity contribution < 1.29 is 14.3 Å². The smallest absolute Gasteiger partial charge is 0.249 e. The molecule has 0 radical (unpaired) electrons. The number of anilines is 3. The van der Waals surface area contributed by atoms with Gasteiger partial charge in [-0.15, -0.1) is 5.10 Å². The number of hydrogen-bond acceptors (Lipinski definition) is 8. The van der Waals surface area contributed by atoms with Crippen LogP contribution in [0.3, 0.4) is 0 Å². The zero-order chi connectivity index (χ0) is 24.7. The van der Waals surface area contributed by atoms with E-state index < -0.39 is 11.9 Å². The summed E-state index contributed by atoms with van der Waals surface area (Å²) in [6, 6.07) is 6.83. The zero-order valence-electron chi connectivity index (χ0n) is 19.3. The molecule has 4 heterocycles. The molecule has 0 saturated carbocycles. The van der Waals surface area contributed by atoms with Gasteiger partial charge < -0.3 is 31.0 Å². The first-order chi connectivity index (χ1) is 16.9. The summed E-state index contributed by atoms with van der Waals surface area (Å²) in [5, 5.41) is 7.63. The van der Waals surface area contributed by atoms with Crippen LogP contribution in [-0.4, -0.2) is 55.7 Å². The minimum atomic E-state index is -0.543. The number of hydrogen-bond donors (Lipinski definition) is 3. The molecule has 4 aromatic rings. The molecule has 0 bridgehead atoms. The van der Waals surface area contributed by atoms with Crippen molar-refractivity contribution >= 4 is 34.9 Å². The van der Waals surface area contributed by atoms with Crippen LogP contribution in [0.4, 0.5) is 17.6 Å². The Bertz CT molecular complexity index is 1440. The van der Waals surface area contributed by atoms with Gasteiger partial charge in [0.15, 0.2) is 11.6 Å². The van der Waals surface area contributed by atoms with Gasteiger partial charge in [-0.25, -0.2) is 9.50 Å². The molecule has 0 spiro atoms. The maximum atomic E-state index is 12.0. The number of ether oxygens (including phenoxy) is 1. The summed E-state index contributed by atoms with van der Waals surface area (Å²) in [4.78, 5) is 34.9. The van der Waals surface area contributed by atoms with Crippen molar-refractivity contribution in [1.82, 2.24) is 24.1 Å². The van der Waals surface area contributed by atoms with Gasteiger partial charge in [-0.3, -0.25) is 9.59 Å². The monoisotopic (exact) mass is 475 g/mol. The minimum Gasteiger partial charge on any atom is -0.496 e. The number of primary amides is 2. The summed E-state index contributed by atoms with van der Waals surface area (Å²) in [7, 11) is 1.53. The summed E-state index contributed by atoms with van der Waals surface area (Å²) in [6.07, 6.45) is 6.68. The summed E-state index contributed by atoms with van der Waals surface area (Å²) in [5.41, 5.74) is 13.6. The van der Waals surface area contributed by atoms with E-state index >= 15 is 0 Å². The lowest BCUT2D eigenvalue weighted by atomic mass is 10.1. The van der Waals surface area contributed by atoms with E-state index in [0.717, 1.165) is 11.9 Å². The Kier molecular flexibility index (Phi) is 5.47. The molecule has 3 aromatic heterocycles. The number of benzene rings is 1. The highest BCUT2D eigenvalue weighted by molar-refractivity contribution is 5.95. The van der Waals surface area contributed by atoms with Crippen molar-refractivity contribution in [2.45, 2.75) is 25.8 Å². The van der Waals surface area contributed by atoms with Crippen LogP contribution in [0.2, 0.25) is 0 Å². The molecule has 5 N–H and O–H groups in total. The number of amides is 2. The number of nitrogens with zero attached hydrogens (tertiary/aromatic N) is 6. The first kappa shape index (κ1) is 22.2. The average Bonchev–Trinajstić information content (AvgIpc) is 3.59. The number of imidazole rings is 1. The van der Waals surface area contributed by atoms with Crippen molar-refractivity contribution in [3.8, 4) is 11.4 Å². The Morgan fingerprint density at radius 3 is 2.83 bits per heavy atom. The summed E-state index contributed by atoms with van der Waals surface area (Å²) in [5.74, 6) is 1.04. The lowest BCUT2D eigenvalue weighted by Crippen LogP contribution is -2.41. The number of nitrogens with two attached hydrogens (primary N) is 2. The standard InChI is InChI=1S/C23H25N9O3/c1-13-15(20(24)33)9-14(10-18(13)35-2)30-11-19(26-12-30)27-23-28-22(17-6-4-8-32(17)29-23)31-7-3-5-16(31)21(25)34/h4,6,8-12,16H,3,5,7H2,1-2H3,(H2,24,33)(H2,25,34)(H,27,29)/t16-/m0/s1. The van der Waals surface area contributed by atoms with Crippen molar-refractivity contribution in [3.05, 3.63) is 54.1 Å². The maximum absolute atomic E-state index is 12.0. The Morgan fingerprint density at radius 2 is 2.09 bits per heavy atom. The van der Waals surface area contributed by atoms with Crippen LogP contribution in [0.25, 0.3) is 11.2 Å². The Labute approximate surface area is 200 Å². The molecule has 1 aliphatic rings. The lowest BCUT2D eigenvalue weighted by molar-refractivity contribution is -0.119. The van der Waals surface area contributed by atoms with Gasteiger partial charge in [-0.2, -0.15) is 4.98 Å². The predicted octanol–water partition coefficient (Wildman–Crippen LogP) is 1.53. The minimum absolute atomic E-state index is 0.309. The third kappa shape index (κ3) is 3.98. The van der Waals surface area contributed by atoms with Crippen molar-refractivity contribution in [3.63, 3.8) is 0 Å². The number of carbonyl (C=O) groups is 2. The quantitative estimate of drug-likeness (QED) is 0.363. The fourth-order valence-electron chi connectivity index (χ4n) is 4.43. The first-order valence-corrected chi connectivity index (χ1v) is 11.1. The molecule has 2 amide bonds. The summed E-state index contributed by atoms with van der Waals surface area (Å²) in [6.45, 7) is 2.45. The second-order valence-corrected chi connectivity index (χ2v) is 8.33. The number of rotatable bonds is 7. The molecule has 1 aromatic carbocycles. The summed E-state index contributed by atoms with van der Waals surface area (Å²) < 4.78 is 8.83. The van der Waals surface area contributed by atoms with E-state index in [4.69, 9.17) is 16.2 Å². The molecule has 35 heavy (non-hydrogen) atoms. The lowest BCUT2D eigenvalue weighted by Gasteiger charge is -2.24. The van der Waals surface area contributed by atoms with Gasteiger partial charge in [0.2, 0.25) is 17.8 Å². The van der Waals surface area contributed by atoms with Gasteiger partial charge in [0.25, 0.3) is 0 Å². The summed E-state index contributed by atoms with van der Waals surface area (Å²) >= 11 is 0. The molecule has 12 nitrogen and oxygen atoms in total. The molecule has 0 unspecified atom stereocenters. The van der Waals surface area contributed by atoms with Crippen molar-refractivity contribution in [2.24, 2.45) is 11.5 Å². The molecule has 5 rings (SSSR count). The number of aromatic nitrogens is 5. The number of nitrogens with one attached hydrogen (secondary N) is 1. The predicted molar refractivity (Wildman–Crippen MR) is 129 cm³/mol. The Balaban J connectivity index is 1.48. The van der Waals surface area contributed by atoms with Crippen LogP contribution < -0.4 is 26.4 Å². The van der Waals surface area contributed by atoms with Gasteiger partial charge in [0.1, 0.15) is 23.6 Å². The van der Waals surface area contributed by atoms with Crippen LogP contribution >= 0.6 is 0 Å². The second kappa shape index (κ2) is 8.63. The van der Waals surface area contributed by atoms with E-state index in [1.165, 1.54) is 7.11 Å². The van der Waals surface area contributed by atoms with Gasteiger partial charge in [-0.05, 0) is 38.0 Å². The van der Waals surface area contributed by atoms with E-state index in [2.05, 4.69) is 20.4 Å². The van der Waals surface area contributed by atoms with Crippen LogP contribution in [0.5, 0.6) is 5.75 Å². The first-order valence-electron chi connectivity index (χ1n) is 11.1. The van der Waals surface area contributed by atoms with Crippen molar-refractivity contribution in [1.29, 1.82) is 0 Å². The van der Waals surface area contributed by atoms with Gasteiger partial charge in [0.05, 0.1) is 19.0 Å². The SMILES string of the molecule is COc1cc(-n2cnc(Nc3nc(N4CCC[C@H]4C(N)=O)c4cccn4n3)c2)cc(C(N)=O)c1C. The van der Waals surface area contributed by atoms with E-state index in [1.807, 2.05) is 23.2 Å². The molecule has 1 atom stereocenters. The van der Waals surface area contributed by atoms with E-state index in [-0.39, 0.29) is 5.91 Å². The van der Waals surface area contributed by atoms with Crippen LogP contribution in [0.15, 0.2) is 43.0 Å². The molecular weight excluding hydrogens is 450 g/mol.